The molecule has 2 aromatic carbocycles. The minimum Gasteiger partial charge on any atom is -0.481 e. The van der Waals surface area contributed by atoms with Crippen molar-refractivity contribution in [2.45, 2.75) is 37.9 Å². The minimum absolute atomic E-state index is 0.00936. The van der Waals surface area contributed by atoms with Crippen molar-refractivity contribution in [2.75, 3.05) is 54.6 Å². The number of aliphatic hydroxyl groups is 2. The number of aliphatic carboxylic acids is 2. The van der Waals surface area contributed by atoms with E-state index in [-0.39, 0.29) is 50.6 Å². The number of likely N-dealkylation sites (N-methyl/N-ethyl adjacent to an activating group) is 2. The summed E-state index contributed by atoms with van der Waals surface area (Å²) in [5.41, 5.74) is 1.59. The molecule has 0 bridgehead atoms. The van der Waals surface area contributed by atoms with Crippen LogP contribution in [0.3, 0.4) is 0 Å². The lowest BCUT2D eigenvalue weighted by Crippen LogP contribution is -2.46. The van der Waals surface area contributed by atoms with Crippen molar-refractivity contribution < 1.29 is 68.1 Å². The quantitative estimate of drug-likeness (QED) is 0.122. The van der Waals surface area contributed by atoms with Gasteiger partial charge in [0.05, 0.1) is 27.4 Å². The number of ether oxygens (including phenoxy) is 4. The zero-order valence-corrected chi connectivity index (χ0v) is 27.2. The van der Waals surface area contributed by atoms with Crippen LogP contribution in [-0.4, -0.2) is 133 Å². The normalized spacial score (nSPS) is 11.5. The third kappa shape index (κ3) is 14.5. The molecule has 0 aliphatic heterocycles. The molecule has 16 heteroatoms. The minimum atomic E-state index is -1.48. The SMILES string of the molecule is COC(=O)C(Oc1ccc(CCC(=O)O)cc1)C(=O)N(C)CCO.COC(=O)C(Oc1ccc(CCC(=O)O)cc1)C(=O)N(C)CCO. The molecule has 2 rings (SSSR count). The van der Waals surface area contributed by atoms with Gasteiger partial charge in [0.1, 0.15) is 11.5 Å². The lowest BCUT2D eigenvalue weighted by atomic mass is 10.1. The van der Waals surface area contributed by atoms with Crippen LogP contribution in [0.1, 0.15) is 24.0 Å². The van der Waals surface area contributed by atoms with E-state index >= 15 is 0 Å². The topological polar surface area (TPSA) is 227 Å². The molecule has 264 valence electrons. The van der Waals surface area contributed by atoms with Crippen LogP contribution in [0, 0.1) is 0 Å². The summed E-state index contributed by atoms with van der Waals surface area (Å²) in [5.74, 6) is -4.20. The Morgan fingerprint density at radius 2 is 0.917 bits per heavy atom. The molecule has 0 fully saturated rings. The average molecular weight is 679 g/mol. The molecule has 0 aliphatic carbocycles. The Kier molecular flexibility index (Phi) is 18.3. The molecule has 0 radical (unpaired) electrons. The van der Waals surface area contributed by atoms with Crippen LogP contribution in [0.2, 0.25) is 0 Å². The van der Waals surface area contributed by atoms with Crippen molar-refractivity contribution in [3.63, 3.8) is 0 Å². The number of methoxy groups -OCH3 is 2. The highest BCUT2D eigenvalue weighted by Crippen LogP contribution is 2.18. The number of hydrogen-bond donors (Lipinski definition) is 4. The van der Waals surface area contributed by atoms with E-state index in [4.69, 9.17) is 29.9 Å². The molecule has 0 saturated heterocycles. The molecule has 2 amide bonds. The van der Waals surface area contributed by atoms with Crippen LogP contribution in [0.25, 0.3) is 0 Å². The molecule has 0 aliphatic rings. The van der Waals surface area contributed by atoms with Gasteiger partial charge < -0.3 is 49.2 Å². The summed E-state index contributed by atoms with van der Waals surface area (Å²) < 4.78 is 20.0. The summed E-state index contributed by atoms with van der Waals surface area (Å²) in [6, 6.07) is 12.8. The van der Waals surface area contributed by atoms with Gasteiger partial charge >= 0.3 is 23.9 Å². The fourth-order valence-corrected chi connectivity index (χ4v) is 3.78. The zero-order chi connectivity index (χ0) is 36.2. The zero-order valence-electron chi connectivity index (χ0n) is 27.2. The molecule has 2 atom stereocenters. The molecule has 48 heavy (non-hydrogen) atoms. The standard InChI is InChI=1S/2C16H21NO7/c2*1-17(9-10-18)15(21)14(16(22)23-2)24-12-6-3-11(4-7-12)5-8-13(19)20/h2*3-4,6-7,14,18H,5,8-10H2,1-2H3,(H,19,20). The predicted molar refractivity (Wildman–Crippen MR) is 167 cm³/mol. The lowest BCUT2D eigenvalue weighted by Gasteiger charge is -2.22. The number of hydrogen-bond acceptors (Lipinski definition) is 12. The van der Waals surface area contributed by atoms with E-state index in [0.717, 1.165) is 25.3 Å². The van der Waals surface area contributed by atoms with Gasteiger partial charge in [-0.2, -0.15) is 0 Å². The number of aryl methyl sites for hydroxylation is 2. The van der Waals surface area contributed by atoms with Crippen LogP contribution in [0.15, 0.2) is 48.5 Å². The van der Waals surface area contributed by atoms with E-state index in [1.54, 1.807) is 48.5 Å². The molecule has 0 heterocycles. The van der Waals surface area contributed by atoms with E-state index in [1.807, 2.05) is 0 Å². The maximum absolute atomic E-state index is 12.2. The number of aliphatic hydroxyl groups excluding tert-OH is 2. The second kappa shape index (κ2) is 21.6. The Labute approximate surface area is 277 Å². The number of nitrogens with zero attached hydrogens (tertiary/aromatic N) is 2. The molecular weight excluding hydrogens is 636 g/mol. The molecule has 16 nitrogen and oxygen atoms in total. The van der Waals surface area contributed by atoms with Crippen LogP contribution < -0.4 is 9.47 Å². The fourth-order valence-electron chi connectivity index (χ4n) is 3.78. The maximum atomic E-state index is 12.2. The summed E-state index contributed by atoms with van der Waals surface area (Å²) in [4.78, 5) is 71.4. The van der Waals surface area contributed by atoms with E-state index in [2.05, 4.69) is 9.47 Å². The Bertz CT molecular complexity index is 1240. The van der Waals surface area contributed by atoms with Crippen LogP contribution in [-0.2, 0) is 51.1 Å². The average Bonchev–Trinajstić information content (AvgIpc) is 3.07. The largest absolute Gasteiger partial charge is 0.481 e. The van der Waals surface area contributed by atoms with Gasteiger partial charge in [-0.1, -0.05) is 24.3 Å². The summed E-state index contributed by atoms with van der Waals surface area (Å²) in [6.07, 6.45) is -2.19. The first-order valence-electron chi connectivity index (χ1n) is 14.6. The lowest BCUT2D eigenvalue weighted by molar-refractivity contribution is -0.159. The molecule has 0 saturated carbocycles. The Morgan fingerprint density at radius 3 is 1.17 bits per heavy atom. The number of benzene rings is 2. The summed E-state index contributed by atoms with van der Waals surface area (Å²) in [7, 11) is 5.17. The van der Waals surface area contributed by atoms with Crippen molar-refractivity contribution >= 4 is 35.7 Å². The number of carboxylic acids is 2. The first kappa shape index (κ1) is 40.8. The predicted octanol–water partition coefficient (Wildman–Crippen LogP) is 0.150. The van der Waals surface area contributed by atoms with Gasteiger partial charge in [0.2, 0.25) is 0 Å². The Balaban J connectivity index is 0.000000480. The van der Waals surface area contributed by atoms with Crippen LogP contribution >= 0.6 is 0 Å². The first-order chi connectivity index (χ1) is 22.8. The smallest absolute Gasteiger partial charge is 0.357 e. The second-order valence-electron chi connectivity index (χ2n) is 10.1. The van der Waals surface area contributed by atoms with Gasteiger partial charge in [-0.15, -0.1) is 0 Å². The van der Waals surface area contributed by atoms with E-state index in [0.29, 0.717) is 12.8 Å². The molecule has 2 unspecified atom stereocenters. The van der Waals surface area contributed by atoms with Gasteiger partial charge in [-0.25, -0.2) is 9.59 Å². The fraction of sp³-hybridized carbons (Fsp3) is 0.438. The Hall–Kier alpha value is -5.22. The van der Waals surface area contributed by atoms with Crippen molar-refractivity contribution in [3.05, 3.63) is 59.7 Å². The first-order valence-corrected chi connectivity index (χ1v) is 14.6. The molecule has 2 aromatic rings. The maximum Gasteiger partial charge on any atom is 0.357 e. The van der Waals surface area contributed by atoms with Gasteiger partial charge in [0.15, 0.2) is 0 Å². The number of esters is 2. The van der Waals surface area contributed by atoms with Gasteiger partial charge in [0, 0.05) is 40.0 Å². The van der Waals surface area contributed by atoms with E-state index in [1.165, 1.54) is 23.9 Å². The molecule has 0 spiro atoms. The third-order valence-corrected chi connectivity index (χ3v) is 6.51. The molecule has 4 N–H and O–H groups in total. The van der Waals surface area contributed by atoms with Crippen LogP contribution in [0.4, 0.5) is 0 Å². The van der Waals surface area contributed by atoms with E-state index < -0.39 is 47.9 Å². The summed E-state index contributed by atoms with van der Waals surface area (Å²) >= 11 is 0. The van der Waals surface area contributed by atoms with E-state index in [9.17, 15) is 28.8 Å². The second-order valence-corrected chi connectivity index (χ2v) is 10.1. The van der Waals surface area contributed by atoms with Crippen molar-refractivity contribution in [1.82, 2.24) is 9.80 Å². The monoisotopic (exact) mass is 678 g/mol. The number of rotatable bonds is 18. The molecular formula is C32H42N2O14. The Morgan fingerprint density at radius 1 is 0.604 bits per heavy atom. The summed E-state index contributed by atoms with van der Waals surface area (Å²) in [6.45, 7) is -0.365. The number of carboxylic acid groups (broad SMARTS) is 2. The number of carbonyl (C=O) groups is 6. The van der Waals surface area contributed by atoms with Crippen molar-refractivity contribution in [3.8, 4) is 11.5 Å². The number of amides is 2. The van der Waals surface area contributed by atoms with Gasteiger partial charge in [0.25, 0.3) is 24.0 Å². The van der Waals surface area contributed by atoms with Crippen LogP contribution in [0.5, 0.6) is 11.5 Å². The molecule has 0 aromatic heterocycles. The number of carbonyl (C=O) groups excluding carboxylic acids is 4. The highest BCUT2D eigenvalue weighted by Gasteiger charge is 2.33. The highest BCUT2D eigenvalue weighted by molar-refractivity contribution is 6.01. The van der Waals surface area contributed by atoms with Crippen molar-refractivity contribution in [1.29, 1.82) is 0 Å². The van der Waals surface area contributed by atoms with Crippen molar-refractivity contribution in [2.24, 2.45) is 0 Å². The summed E-state index contributed by atoms with van der Waals surface area (Å²) in [5, 5.41) is 35.1. The van der Waals surface area contributed by atoms with Gasteiger partial charge in [-0.05, 0) is 48.2 Å². The van der Waals surface area contributed by atoms with Gasteiger partial charge in [-0.3, -0.25) is 19.2 Å². The highest BCUT2D eigenvalue weighted by atomic mass is 16.6. The third-order valence-electron chi connectivity index (χ3n) is 6.51.